The van der Waals surface area contributed by atoms with Crippen molar-refractivity contribution in [1.82, 2.24) is 5.32 Å². The summed E-state index contributed by atoms with van der Waals surface area (Å²) in [5, 5.41) is 3.98. The van der Waals surface area contributed by atoms with Gasteiger partial charge in [-0.2, -0.15) is 0 Å². The van der Waals surface area contributed by atoms with Crippen LogP contribution in [0.5, 0.6) is 0 Å². The second-order valence-electron chi connectivity index (χ2n) is 3.96. The largest absolute Gasteiger partial charge is 0.352 e. The molecule has 1 aromatic carbocycles. The SMILES string of the molecule is Cc1ccc(Br)cc1C(=O)NCCCCCBr. The van der Waals surface area contributed by atoms with Gasteiger partial charge in [0.15, 0.2) is 0 Å². The van der Waals surface area contributed by atoms with E-state index in [2.05, 4.69) is 37.2 Å². The van der Waals surface area contributed by atoms with Crippen molar-refractivity contribution in [3.8, 4) is 0 Å². The van der Waals surface area contributed by atoms with Crippen LogP contribution in [0.25, 0.3) is 0 Å². The Morgan fingerprint density at radius 3 is 2.76 bits per heavy atom. The summed E-state index contributed by atoms with van der Waals surface area (Å²) in [5.41, 5.74) is 1.76. The maximum atomic E-state index is 11.9. The first-order chi connectivity index (χ1) is 8.15. The molecule has 0 saturated carbocycles. The minimum absolute atomic E-state index is 0.0163. The molecule has 0 heterocycles. The van der Waals surface area contributed by atoms with E-state index >= 15 is 0 Å². The predicted molar refractivity (Wildman–Crippen MR) is 78.9 cm³/mol. The molecule has 0 bridgehead atoms. The van der Waals surface area contributed by atoms with Crippen molar-refractivity contribution in [1.29, 1.82) is 0 Å². The third-order valence-electron chi connectivity index (χ3n) is 2.54. The lowest BCUT2D eigenvalue weighted by molar-refractivity contribution is 0.0952. The number of rotatable bonds is 6. The molecule has 1 rings (SSSR count). The molecule has 0 saturated heterocycles. The average molecular weight is 363 g/mol. The number of hydrogen-bond acceptors (Lipinski definition) is 1. The van der Waals surface area contributed by atoms with E-state index in [-0.39, 0.29) is 5.91 Å². The molecule has 4 heteroatoms. The minimum atomic E-state index is 0.0163. The third-order valence-corrected chi connectivity index (χ3v) is 3.59. The molecular formula is C13H17Br2NO. The van der Waals surface area contributed by atoms with Gasteiger partial charge in [0.2, 0.25) is 0 Å². The van der Waals surface area contributed by atoms with Crippen LogP contribution in [0, 0.1) is 6.92 Å². The van der Waals surface area contributed by atoms with Crippen LogP contribution >= 0.6 is 31.9 Å². The Kier molecular flexibility index (Phi) is 6.82. The monoisotopic (exact) mass is 361 g/mol. The Morgan fingerprint density at radius 1 is 1.29 bits per heavy atom. The molecule has 0 unspecified atom stereocenters. The van der Waals surface area contributed by atoms with E-state index < -0.39 is 0 Å². The van der Waals surface area contributed by atoms with E-state index in [1.165, 1.54) is 0 Å². The fourth-order valence-electron chi connectivity index (χ4n) is 1.53. The Bertz CT molecular complexity index is 380. The van der Waals surface area contributed by atoms with Crippen molar-refractivity contribution in [2.24, 2.45) is 0 Å². The van der Waals surface area contributed by atoms with E-state index in [9.17, 15) is 4.79 Å². The highest BCUT2D eigenvalue weighted by Gasteiger charge is 2.08. The fraction of sp³-hybridized carbons (Fsp3) is 0.462. The molecule has 17 heavy (non-hydrogen) atoms. The standard InChI is InChI=1S/C13H17Br2NO/c1-10-5-6-11(15)9-12(10)13(17)16-8-4-2-3-7-14/h5-6,9H,2-4,7-8H2,1H3,(H,16,17). The first kappa shape index (κ1) is 14.7. The molecule has 0 aliphatic rings. The number of unbranched alkanes of at least 4 members (excludes halogenated alkanes) is 2. The molecule has 1 aromatic rings. The number of benzene rings is 1. The summed E-state index contributed by atoms with van der Waals surface area (Å²) in [4.78, 5) is 11.9. The molecule has 0 fully saturated rings. The zero-order valence-electron chi connectivity index (χ0n) is 9.93. The topological polar surface area (TPSA) is 29.1 Å². The van der Waals surface area contributed by atoms with Crippen molar-refractivity contribution in [2.45, 2.75) is 26.2 Å². The van der Waals surface area contributed by atoms with Crippen molar-refractivity contribution < 1.29 is 4.79 Å². The van der Waals surface area contributed by atoms with E-state index in [0.717, 1.165) is 46.7 Å². The number of halogens is 2. The number of alkyl halides is 1. The van der Waals surface area contributed by atoms with Crippen molar-refractivity contribution in [3.63, 3.8) is 0 Å². The van der Waals surface area contributed by atoms with Gasteiger partial charge in [0.25, 0.3) is 5.91 Å². The van der Waals surface area contributed by atoms with Gasteiger partial charge >= 0.3 is 0 Å². The maximum absolute atomic E-state index is 11.9. The first-order valence-electron chi connectivity index (χ1n) is 5.75. The molecular weight excluding hydrogens is 346 g/mol. The summed E-state index contributed by atoms with van der Waals surface area (Å²) in [6, 6.07) is 5.76. The lowest BCUT2D eigenvalue weighted by Gasteiger charge is -2.07. The molecule has 0 radical (unpaired) electrons. The van der Waals surface area contributed by atoms with Gasteiger partial charge in [0, 0.05) is 21.9 Å². The van der Waals surface area contributed by atoms with Gasteiger partial charge < -0.3 is 5.32 Å². The molecule has 0 aromatic heterocycles. The summed E-state index contributed by atoms with van der Waals surface area (Å²) in [7, 11) is 0. The summed E-state index contributed by atoms with van der Waals surface area (Å²) in [6.07, 6.45) is 3.33. The highest BCUT2D eigenvalue weighted by molar-refractivity contribution is 9.10. The van der Waals surface area contributed by atoms with Crippen LogP contribution in [0.1, 0.15) is 35.2 Å². The summed E-state index contributed by atoms with van der Waals surface area (Å²) >= 11 is 6.77. The van der Waals surface area contributed by atoms with Crippen molar-refractivity contribution in [2.75, 3.05) is 11.9 Å². The van der Waals surface area contributed by atoms with Gasteiger partial charge in [-0.15, -0.1) is 0 Å². The van der Waals surface area contributed by atoms with Crippen LogP contribution in [-0.2, 0) is 0 Å². The number of hydrogen-bond donors (Lipinski definition) is 1. The normalized spacial score (nSPS) is 10.3. The van der Waals surface area contributed by atoms with E-state index in [1.807, 2.05) is 25.1 Å². The molecule has 2 nitrogen and oxygen atoms in total. The highest BCUT2D eigenvalue weighted by atomic mass is 79.9. The van der Waals surface area contributed by atoms with Crippen LogP contribution in [0.2, 0.25) is 0 Å². The smallest absolute Gasteiger partial charge is 0.251 e. The number of nitrogens with one attached hydrogen (secondary N) is 1. The van der Waals surface area contributed by atoms with Crippen molar-refractivity contribution in [3.05, 3.63) is 33.8 Å². The number of amides is 1. The van der Waals surface area contributed by atoms with E-state index in [0.29, 0.717) is 0 Å². The summed E-state index contributed by atoms with van der Waals surface area (Å²) in [6.45, 7) is 2.70. The highest BCUT2D eigenvalue weighted by Crippen LogP contribution is 2.15. The zero-order chi connectivity index (χ0) is 12.7. The molecule has 0 aliphatic carbocycles. The van der Waals surface area contributed by atoms with E-state index in [1.54, 1.807) is 0 Å². The zero-order valence-corrected chi connectivity index (χ0v) is 13.1. The maximum Gasteiger partial charge on any atom is 0.251 e. The third kappa shape index (κ3) is 5.21. The summed E-state index contributed by atoms with van der Waals surface area (Å²) < 4.78 is 0.938. The lowest BCUT2D eigenvalue weighted by Crippen LogP contribution is -2.25. The number of carbonyl (C=O) groups is 1. The van der Waals surface area contributed by atoms with Gasteiger partial charge in [-0.25, -0.2) is 0 Å². The van der Waals surface area contributed by atoms with Crippen LogP contribution in [-0.4, -0.2) is 17.8 Å². The fourth-order valence-corrected chi connectivity index (χ4v) is 2.29. The Hall–Kier alpha value is -0.350. The summed E-state index contributed by atoms with van der Waals surface area (Å²) in [5.74, 6) is 0.0163. The molecule has 0 atom stereocenters. The molecule has 94 valence electrons. The average Bonchev–Trinajstić information content (AvgIpc) is 2.32. The Balaban J connectivity index is 2.44. The first-order valence-corrected chi connectivity index (χ1v) is 7.67. The predicted octanol–water partition coefficient (Wildman–Crippen LogP) is 4.05. The molecule has 0 aliphatic heterocycles. The Labute approximate surface area is 119 Å². The number of aryl methyl sites for hydroxylation is 1. The van der Waals surface area contributed by atoms with Gasteiger partial charge in [0.1, 0.15) is 0 Å². The van der Waals surface area contributed by atoms with Crippen LogP contribution in [0.15, 0.2) is 22.7 Å². The Morgan fingerprint density at radius 2 is 2.06 bits per heavy atom. The van der Waals surface area contributed by atoms with Crippen LogP contribution in [0.3, 0.4) is 0 Å². The quantitative estimate of drug-likeness (QED) is 0.600. The van der Waals surface area contributed by atoms with Gasteiger partial charge in [-0.1, -0.05) is 44.3 Å². The van der Waals surface area contributed by atoms with Crippen LogP contribution < -0.4 is 5.32 Å². The molecule has 1 amide bonds. The van der Waals surface area contributed by atoms with Gasteiger partial charge in [-0.3, -0.25) is 4.79 Å². The van der Waals surface area contributed by atoms with E-state index in [4.69, 9.17) is 0 Å². The van der Waals surface area contributed by atoms with Gasteiger partial charge in [-0.05, 0) is 37.5 Å². The molecule has 0 spiro atoms. The second kappa shape index (κ2) is 7.88. The van der Waals surface area contributed by atoms with Crippen molar-refractivity contribution >= 4 is 37.8 Å². The second-order valence-corrected chi connectivity index (χ2v) is 5.67. The van der Waals surface area contributed by atoms with Crippen LogP contribution in [0.4, 0.5) is 0 Å². The lowest BCUT2D eigenvalue weighted by atomic mass is 10.1. The number of carbonyl (C=O) groups excluding carboxylic acids is 1. The minimum Gasteiger partial charge on any atom is -0.352 e. The van der Waals surface area contributed by atoms with Gasteiger partial charge in [0.05, 0.1) is 0 Å². The molecule has 1 N–H and O–H groups in total.